The van der Waals surface area contributed by atoms with E-state index in [2.05, 4.69) is 18.3 Å². The molecule has 1 saturated carbocycles. The molecule has 0 bridgehead atoms. The fourth-order valence-electron chi connectivity index (χ4n) is 2.14. The SMILES string of the molecule is CCc1nc(CSc2ccccc2Cl)sc1CNC1CC1. The highest BCUT2D eigenvalue weighted by molar-refractivity contribution is 7.98. The van der Waals surface area contributed by atoms with Crippen molar-refractivity contribution in [2.45, 2.75) is 49.4 Å². The van der Waals surface area contributed by atoms with Crippen LogP contribution in [0.15, 0.2) is 29.2 Å². The Morgan fingerprint density at radius 1 is 1.38 bits per heavy atom. The molecular weight excluding hydrogens is 320 g/mol. The molecule has 112 valence electrons. The molecule has 1 heterocycles. The summed E-state index contributed by atoms with van der Waals surface area (Å²) in [6.45, 7) is 3.16. The molecule has 21 heavy (non-hydrogen) atoms. The van der Waals surface area contributed by atoms with E-state index in [-0.39, 0.29) is 0 Å². The molecule has 1 aliphatic rings. The van der Waals surface area contributed by atoms with Crippen LogP contribution in [-0.2, 0) is 18.7 Å². The van der Waals surface area contributed by atoms with Crippen molar-refractivity contribution in [1.82, 2.24) is 10.3 Å². The second kappa shape index (κ2) is 7.14. The fourth-order valence-corrected chi connectivity index (χ4v) is 4.48. The van der Waals surface area contributed by atoms with Crippen LogP contribution in [-0.4, -0.2) is 11.0 Å². The molecule has 0 spiro atoms. The first-order chi connectivity index (χ1) is 10.3. The zero-order chi connectivity index (χ0) is 14.7. The van der Waals surface area contributed by atoms with Gasteiger partial charge in [-0.25, -0.2) is 4.98 Å². The lowest BCUT2D eigenvalue weighted by atomic mass is 10.3. The number of nitrogens with zero attached hydrogens (tertiary/aromatic N) is 1. The van der Waals surface area contributed by atoms with E-state index in [4.69, 9.17) is 16.6 Å². The van der Waals surface area contributed by atoms with E-state index in [9.17, 15) is 0 Å². The molecular formula is C16H19ClN2S2. The summed E-state index contributed by atoms with van der Waals surface area (Å²) in [4.78, 5) is 7.32. The van der Waals surface area contributed by atoms with Crippen molar-refractivity contribution in [1.29, 1.82) is 0 Å². The maximum atomic E-state index is 6.20. The van der Waals surface area contributed by atoms with Crippen molar-refractivity contribution in [2.24, 2.45) is 0 Å². The van der Waals surface area contributed by atoms with Crippen molar-refractivity contribution >= 4 is 34.7 Å². The van der Waals surface area contributed by atoms with E-state index >= 15 is 0 Å². The van der Waals surface area contributed by atoms with Crippen LogP contribution in [0.4, 0.5) is 0 Å². The molecule has 1 aromatic heterocycles. The first-order valence-electron chi connectivity index (χ1n) is 7.34. The number of hydrogen-bond donors (Lipinski definition) is 1. The van der Waals surface area contributed by atoms with E-state index in [0.29, 0.717) is 0 Å². The summed E-state index contributed by atoms with van der Waals surface area (Å²) in [5, 5.41) is 5.61. The average Bonchev–Trinajstić information content (AvgIpc) is 3.24. The number of rotatable bonds is 7. The number of nitrogens with one attached hydrogen (secondary N) is 1. The highest BCUT2D eigenvalue weighted by atomic mass is 35.5. The normalized spacial score (nSPS) is 14.6. The molecule has 0 amide bonds. The molecule has 0 aliphatic heterocycles. The molecule has 0 saturated heterocycles. The Bertz CT molecular complexity index is 608. The van der Waals surface area contributed by atoms with Crippen LogP contribution in [0.2, 0.25) is 5.02 Å². The Balaban J connectivity index is 1.63. The van der Waals surface area contributed by atoms with Crippen molar-refractivity contribution in [2.75, 3.05) is 0 Å². The zero-order valence-corrected chi connectivity index (χ0v) is 14.5. The lowest BCUT2D eigenvalue weighted by Gasteiger charge is -2.01. The van der Waals surface area contributed by atoms with Gasteiger partial charge in [-0.1, -0.05) is 30.7 Å². The van der Waals surface area contributed by atoms with E-state index in [0.717, 1.165) is 34.7 Å². The second-order valence-electron chi connectivity index (χ2n) is 5.21. The van der Waals surface area contributed by atoms with Crippen LogP contribution < -0.4 is 5.32 Å². The zero-order valence-electron chi connectivity index (χ0n) is 12.1. The fraction of sp³-hybridized carbons (Fsp3) is 0.438. The molecule has 3 rings (SSSR count). The Labute approximate surface area is 139 Å². The predicted octanol–water partition coefficient (Wildman–Crippen LogP) is 4.90. The van der Waals surface area contributed by atoms with Crippen LogP contribution >= 0.6 is 34.7 Å². The Kier molecular flexibility index (Phi) is 5.22. The average molecular weight is 339 g/mol. The summed E-state index contributed by atoms with van der Waals surface area (Å²) < 4.78 is 0. The van der Waals surface area contributed by atoms with Gasteiger partial charge in [-0.15, -0.1) is 23.1 Å². The monoisotopic (exact) mass is 338 g/mol. The highest BCUT2D eigenvalue weighted by Gasteiger charge is 2.21. The van der Waals surface area contributed by atoms with Gasteiger partial charge in [-0.3, -0.25) is 0 Å². The number of hydrogen-bond acceptors (Lipinski definition) is 4. The van der Waals surface area contributed by atoms with Gasteiger partial charge < -0.3 is 5.32 Å². The summed E-state index contributed by atoms with van der Waals surface area (Å²) in [5.41, 5.74) is 1.25. The molecule has 1 N–H and O–H groups in total. The summed E-state index contributed by atoms with van der Waals surface area (Å²) in [5.74, 6) is 0.894. The molecule has 2 nitrogen and oxygen atoms in total. The van der Waals surface area contributed by atoms with E-state index in [1.54, 1.807) is 11.8 Å². The van der Waals surface area contributed by atoms with Gasteiger partial charge in [-0.05, 0) is 31.4 Å². The Morgan fingerprint density at radius 3 is 2.90 bits per heavy atom. The van der Waals surface area contributed by atoms with Gasteiger partial charge in [0.1, 0.15) is 5.01 Å². The van der Waals surface area contributed by atoms with E-state index in [1.165, 1.54) is 28.4 Å². The second-order valence-corrected chi connectivity index (χ2v) is 7.80. The number of aryl methyl sites for hydroxylation is 1. The Hall–Kier alpha value is -0.550. The van der Waals surface area contributed by atoms with Crippen LogP contribution in [0.3, 0.4) is 0 Å². The summed E-state index contributed by atoms with van der Waals surface area (Å²) in [6, 6.07) is 8.74. The van der Waals surface area contributed by atoms with Crippen molar-refractivity contribution in [3.8, 4) is 0 Å². The maximum absolute atomic E-state index is 6.20. The lowest BCUT2D eigenvalue weighted by molar-refractivity contribution is 0.689. The van der Waals surface area contributed by atoms with Crippen molar-refractivity contribution in [3.05, 3.63) is 44.9 Å². The molecule has 1 aliphatic carbocycles. The van der Waals surface area contributed by atoms with Gasteiger partial charge in [0.05, 0.1) is 16.5 Å². The number of thiazole rings is 1. The molecule has 2 aromatic rings. The molecule has 0 unspecified atom stereocenters. The van der Waals surface area contributed by atoms with E-state index < -0.39 is 0 Å². The van der Waals surface area contributed by atoms with Gasteiger partial charge >= 0.3 is 0 Å². The Morgan fingerprint density at radius 2 is 2.19 bits per heavy atom. The third kappa shape index (κ3) is 4.22. The number of halogens is 1. The van der Waals surface area contributed by atoms with Gasteiger partial charge in [0.2, 0.25) is 0 Å². The minimum Gasteiger partial charge on any atom is -0.309 e. The number of aromatic nitrogens is 1. The number of benzene rings is 1. The molecule has 0 atom stereocenters. The van der Waals surface area contributed by atoms with Crippen LogP contribution in [0.25, 0.3) is 0 Å². The molecule has 1 fully saturated rings. The first kappa shape index (κ1) is 15.3. The summed E-state index contributed by atoms with van der Waals surface area (Å²) in [6.07, 6.45) is 3.67. The predicted molar refractivity (Wildman–Crippen MR) is 92.4 cm³/mol. The maximum Gasteiger partial charge on any atom is 0.103 e. The smallest absolute Gasteiger partial charge is 0.103 e. The third-order valence-electron chi connectivity index (χ3n) is 3.47. The highest BCUT2D eigenvalue weighted by Crippen LogP contribution is 2.31. The quantitative estimate of drug-likeness (QED) is 0.726. The van der Waals surface area contributed by atoms with Gasteiger partial charge in [-0.2, -0.15) is 0 Å². The first-order valence-corrected chi connectivity index (χ1v) is 9.52. The minimum absolute atomic E-state index is 0.748. The topological polar surface area (TPSA) is 24.9 Å². The van der Waals surface area contributed by atoms with Crippen molar-refractivity contribution < 1.29 is 0 Å². The molecule has 1 aromatic carbocycles. The summed E-state index contributed by atoms with van der Waals surface area (Å²) in [7, 11) is 0. The van der Waals surface area contributed by atoms with Gasteiger partial charge in [0.25, 0.3) is 0 Å². The summed E-state index contributed by atoms with van der Waals surface area (Å²) >= 11 is 9.80. The molecule has 0 radical (unpaired) electrons. The largest absolute Gasteiger partial charge is 0.309 e. The lowest BCUT2D eigenvalue weighted by Crippen LogP contribution is -2.15. The minimum atomic E-state index is 0.748. The molecule has 5 heteroatoms. The van der Waals surface area contributed by atoms with Gasteiger partial charge in [0.15, 0.2) is 0 Å². The van der Waals surface area contributed by atoms with Crippen LogP contribution in [0, 0.1) is 0 Å². The standard InChI is InChI=1S/C16H19ClN2S2/c1-2-13-15(9-18-11-7-8-11)21-16(19-13)10-20-14-6-4-3-5-12(14)17/h3-6,11,18H,2,7-10H2,1H3. The van der Waals surface area contributed by atoms with Gasteiger partial charge in [0, 0.05) is 22.4 Å². The van der Waals surface area contributed by atoms with Crippen molar-refractivity contribution in [3.63, 3.8) is 0 Å². The van der Waals surface area contributed by atoms with Crippen LogP contribution in [0.5, 0.6) is 0 Å². The van der Waals surface area contributed by atoms with Crippen LogP contribution in [0.1, 0.15) is 35.3 Å². The number of thioether (sulfide) groups is 1. The van der Waals surface area contributed by atoms with E-state index in [1.807, 2.05) is 29.5 Å². The third-order valence-corrected chi connectivity index (χ3v) is 6.28.